The van der Waals surface area contributed by atoms with Crippen LogP contribution in [0.3, 0.4) is 0 Å². The Kier molecular flexibility index (Phi) is 5.86. The summed E-state index contributed by atoms with van der Waals surface area (Å²) in [5.41, 5.74) is 0.779. The van der Waals surface area contributed by atoms with Crippen LogP contribution in [0.5, 0.6) is 5.75 Å². The van der Waals surface area contributed by atoms with E-state index in [1.807, 2.05) is 0 Å². The third kappa shape index (κ3) is 5.62. The van der Waals surface area contributed by atoms with Gasteiger partial charge in [-0.3, -0.25) is 0 Å². The van der Waals surface area contributed by atoms with Crippen molar-refractivity contribution in [1.29, 1.82) is 0 Å². The van der Waals surface area contributed by atoms with Gasteiger partial charge in [0.25, 0.3) is 0 Å². The average molecular weight is 343 g/mol. The molecule has 2 rings (SSSR count). The number of rotatable bonds is 7. The van der Waals surface area contributed by atoms with Crippen molar-refractivity contribution in [2.75, 3.05) is 6.61 Å². The topological polar surface area (TPSA) is 60.7 Å². The normalized spacial score (nSPS) is 11.3. The third-order valence-corrected chi connectivity index (χ3v) is 2.92. The van der Waals surface area contributed by atoms with Gasteiger partial charge in [0.1, 0.15) is 11.5 Å². The summed E-state index contributed by atoms with van der Waals surface area (Å²) in [5, 5.41) is 3.06. The fourth-order valence-corrected chi connectivity index (χ4v) is 1.92. The standard InChI is InChI=1S/C16H16F3NO4/c1-2-22-15(21)14-8-7-13(23-14)10-20-9-11-3-5-12(6-4-11)24-16(17,18)19/h3-8,20H,2,9-10H2,1H3. The molecule has 0 saturated heterocycles. The maximum absolute atomic E-state index is 12.1. The second kappa shape index (κ2) is 7.87. The molecule has 0 radical (unpaired) electrons. The number of ether oxygens (including phenoxy) is 2. The molecule has 2 aromatic rings. The van der Waals surface area contributed by atoms with Crippen LogP contribution < -0.4 is 10.1 Å². The van der Waals surface area contributed by atoms with Crippen LogP contribution in [0.25, 0.3) is 0 Å². The van der Waals surface area contributed by atoms with Crippen molar-refractivity contribution in [3.05, 3.63) is 53.5 Å². The number of benzene rings is 1. The van der Waals surface area contributed by atoms with Gasteiger partial charge in [-0.05, 0) is 36.8 Å². The number of halogens is 3. The number of hydrogen-bond donors (Lipinski definition) is 1. The van der Waals surface area contributed by atoms with E-state index in [9.17, 15) is 18.0 Å². The van der Waals surface area contributed by atoms with Gasteiger partial charge in [0.05, 0.1) is 13.2 Å². The third-order valence-electron chi connectivity index (χ3n) is 2.92. The molecule has 0 aliphatic carbocycles. The zero-order valence-corrected chi connectivity index (χ0v) is 12.9. The Hall–Kier alpha value is -2.48. The Bertz CT molecular complexity index is 665. The van der Waals surface area contributed by atoms with Crippen molar-refractivity contribution in [1.82, 2.24) is 5.32 Å². The molecule has 1 N–H and O–H groups in total. The van der Waals surface area contributed by atoms with E-state index in [1.54, 1.807) is 13.0 Å². The molecule has 8 heteroatoms. The molecule has 0 unspecified atom stereocenters. The molecular formula is C16H16F3NO4. The summed E-state index contributed by atoms with van der Waals surface area (Å²) in [7, 11) is 0. The number of carbonyl (C=O) groups is 1. The van der Waals surface area contributed by atoms with Crippen LogP contribution in [0.1, 0.15) is 28.8 Å². The van der Waals surface area contributed by atoms with Crippen LogP contribution in [-0.2, 0) is 17.8 Å². The van der Waals surface area contributed by atoms with E-state index in [1.165, 1.54) is 30.3 Å². The molecule has 5 nitrogen and oxygen atoms in total. The summed E-state index contributed by atoms with van der Waals surface area (Å²) in [6.07, 6.45) is -4.70. The molecule has 0 aliphatic heterocycles. The monoisotopic (exact) mass is 343 g/mol. The minimum Gasteiger partial charge on any atom is -0.460 e. The number of carbonyl (C=O) groups excluding carboxylic acids is 1. The van der Waals surface area contributed by atoms with Crippen molar-refractivity contribution in [2.45, 2.75) is 26.4 Å². The maximum atomic E-state index is 12.1. The zero-order valence-electron chi connectivity index (χ0n) is 12.9. The van der Waals surface area contributed by atoms with Crippen LogP contribution in [0, 0.1) is 0 Å². The first-order valence-electron chi connectivity index (χ1n) is 7.18. The van der Waals surface area contributed by atoms with Crippen LogP contribution in [-0.4, -0.2) is 18.9 Å². The molecule has 1 aromatic heterocycles. The molecule has 130 valence electrons. The number of furan rings is 1. The molecule has 1 aromatic carbocycles. The van der Waals surface area contributed by atoms with Crippen LogP contribution >= 0.6 is 0 Å². The molecule has 0 bridgehead atoms. The zero-order chi connectivity index (χ0) is 17.6. The number of nitrogens with one attached hydrogen (secondary N) is 1. The van der Waals surface area contributed by atoms with Crippen LogP contribution in [0.2, 0.25) is 0 Å². The summed E-state index contributed by atoms with van der Waals surface area (Å²) < 4.78 is 50.1. The summed E-state index contributed by atoms with van der Waals surface area (Å²) in [6.45, 7) is 2.75. The largest absolute Gasteiger partial charge is 0.573 e. The molecule has 0 spiro atoms. The smallest absolute Gasteiger partial charge is 0.460 e. The van der Waals surface area contributed by atoms with Crippen molar-refractivity contribution < 1.29 is 31.9 Å². The van der Waals surface area contributed by atoms with Gasteiger partial charge >= 0.3 is 12.3 Å². The lowest BCUT2D eigenvalue weighted by molar-refractivity contribution is -0.274. The fourth-order valence-electron chi connectivity index (χ4n) is 1.92. The minimum atomic E-state index is -4.70. The van der Waals surface area contributed by atoms with E-state index in [-0.39, 0.29) is 18.1 Å². The lowest BCUT2D eigenvalue weighted by atomic mass is 10.2. The SMILES string of the molecule is CCOC(=O)c1ccc(CNCc2ccc(OC(F)(F)F)cc2)o1. The number of alkyl halides is 3. The molecule has 0 atom stereocenters. The second-order valence-electron chi connectivity index (χ2n) is 4.78. The quantitative estimate of drug-likeness (QED) is 0.778. The van der Waals surface area contributed by atoms with Gasteiger partial charge in [0, 0.05) is 6.54 Å². The predicted molar refractivity (Wildman–Crippen MR) is 78.3 cm³/mol. The Morgan fingerprint density at radius 1 is 1.12 bits per heavy atom. The van der Waals surface area contributed by atoms with Crippen LogP contribution in [0.4, 0.5) is 13.2 Å². The highest BCUT2D eigenvalue weighted by Gasteiger charge is 2.30. The van der Waals surface area contributed by atoms with E-state index < -0.39 is 12.3 Å². The van der Waals surface area contributed by atoms with Crippen molar-refractivity contribution in [3.8, 4) is 5.75 Å². The van der Waals surface area contributed by atoms with E-state index in [4.69, 9.17) is 9.15 Å². The van der Waals surface area contributed by atoms with E-state index >= 15 is 0 Å². The molecule has 1 heterocycles. The van der Waals surface area contributed by atoms with Gasteiger partial charge in [0.2, 0.25) is 5.76 Å². The first kappa shape index (κ1) is 17.9. The number of hydrogen-bond acceptors (Lipinski definition) is 5. The summed E-state index contributed by atoms with van der Waals surface area (Å²) in [6, 6.07) is 8.73. The summed E-state index contributed by atoms with van der Waals surface area (Å²) in [4.78, 5) is 11.5. The predicted octanol–water partition coefficient (Wildman–Crippen LogP) is 3.64. The van der Waals surface area contributed by atoms with E-state index in [0.29, 0.717) is 18.8 Å². The summed E-state index contributed by atoms with van der Waals surface area (Å²) >= 11 is 0. The van der Waals surface area contributed by atoms with E-state index in [2.05, 4.69) is 10.1 Å². The Balaban J connectivity index is 1.81. The fraction of sp³-hybridized carbons (Fsp3) is 0.312. The highest BCUT2D eigenvalue weighted by molar-refractivity contribution is 5.86. The van der Waals surface area contributed by atoms with Gasteiger partial charge in [0.15, 0.2) is 0 Å². The average Bonchev–Trinajstić information content (AvgIpc) is 2.97. The van der Waals surface area contributed by atoms with Gasteiger partial charge in [-0.15, -0.1) is 13.2 Å². The van der Waals surface area contributed by atoms with Crippen LogP contribution in [0.15, 0.2) is 40.8 Å². The minimum absolute atomic E-state index is 0.127. The van der Waals surface area contributed by atoms with E-state index in [0.717, 1.165) is 5.56 Å². The molecule has 0 fully saturated rings. The Labute approximate surface area is 136 Å². The molecule has 0 aliphatic rings. The first-order chi connectivity index (χ1) is 11.4. The molecular weight excluding hydrogens is 327 g/mol. The highest BCUT2D eigenvalue weighted by Crippen LogP contribution is 2.22. The van der Waals surface area contributed by atoms with Crippen molar-refractivity contribution in [2.24, 2.45) is 0 Å². The molecule has 0 saturated carbocycles. The van der Waals surface area contributed by atoms with Crippen molar-refractivity contribution >= 4 is 5.97 Å². The Morgan fingerprint density at radius 2 is 1.83 bits per heavy atom. The Morgan fingerprint density at radius 3 is 2.46 bits per heavy atom. The van der Waals surface area contributed by atoms with Gasteiger partial charge in [-0.2, -0.15) is 0 Å². The maximum Gasteiger partial charge on any atom is 0.573 e. The second-order valence-corrected chi connectivity index (χ2v) is 4.78. The van der Waals surface area contributed by atoms with Crippen molar-refractivity contribution in [3.63, 3.8) is 0 Å². The number of esters is 1. The van der Waals surface area contributed by atoms with Gasteiger partial charge in [-0.1, -0.05) is 12.1 Å². The molecule has 0 amide bonds. The summed E-state index contributed by atoms with van der Waals surface area (Å²) in [5.74, 6) is -0.113. The van der Waals surface area contributed by atoms with Gasteiger partial charge in [-0.25, -0.2) is 4.79 Å². The lowest BCUT2D eigenvalue weighted by Crippen LogP contribution is -2.17. The van der Waals surface area contributed by atoms with Gasteiger partial charge < -0.3 is 19.2 Å². The molecule has 24 heavy (non-hydrogen) atoms. The first-order valence-corrected chi connectivity index (χ1v) is 7.18. The highest BCUT2D eigenvalue weighted by atomic mass is 19.4. The lowest BCUT2D eigenvalue weighted by Gasteiger charge is -2.09.